The Morgan fingerprint density at radius 2 is 0.937 bits per heavy atom. The molecule has 3 heterocycles. The lowest BCUT2D eigenvalue weighted by Crippen LogP contribution is -2.50. The fraction of sp³-hybridized carbons (Fsp3) is 0.333. The van der Waals surface area contributed by atoms with E-state index < -0.39 is 25.6 Å². The molecule has 0 unspecified atom stereocenters. The van der Waals surface area contributed by atoms with Crippen molar-refractivity contribution < 1.29 is 45.3 Å². The molecule has 336 valence electrons. The zero-order valence-corrected chi connectivity index (χ0v) is 38.1. The van der Waals surface area contributed by atoms with E-state index in [9.17, 15) is 16.8 Å². The van der Waals surface area contributed by atoms with Crippen LogP contribution in [0.2, 0.25) is 0 Å². The summed E-state index contributed by atoms with van der Waals surface area (Å²) >= 11 is 0. The minimum Gasteiger partial charge on any atom is -0.497 e. The van der Waals surface area contributed by atoms with Crippen LogP contribution in [-0.2, 0) is 75.4 Å². The summed E-state index contributed by atoms with van der Waals surface area (Å²) in [6, 6.07) is 32.5. The van der Waals surface area contributed by atoms with Gasteiger partial charge >= 0.3 is 0 Å². The van der Waals surface area contributed by atoms with Crippen LogP contribution in [0.5, 0.6) is 23.0 Å². The lowest BCUT2D eigenvalue weighted by atomic mass is 9.97. The molecule has 2 aromatic heterocycles. The van der Waals surface area contributed by atoms with E-state index in [1.165, 1.54) is 19.4 Å². The van der Waals surface area contributed by atoms with Crippen LogP contribution in [0.3, 0.4) is 0 Å². The first-order chi connectivity index (χ1) is 30.2. The molecule has 0 N–H and O–H groups in total. The fourth-order valence-electron chi connectivity index (χ4n) is 6.85. The third-order valence-electron chi connectivity index (χ3n) is 10.4. The predicted molar refractivity (Wildman–Crippen MR) is 235 cm³/mol. The van der Waals surface area contributed by atoms with Crippen LogP contribution in [0.15, 0.2) is 125 Å². The molecule has 1 aliphatic heterocycles. The normalized spacial score (nSPS) is 13.5. The number of methoxy groups -OCH3 is 4. The number of rotatable bonds is 19. The highest BCUT2D eigenvalue weighted by atomic mass is 32.2. The Hall–Kier alpha value is -5.76. The maximum atomic E-state index is 13.9. The Kier molecular flexibility index (Phi) is 15.3. The molecule has 0 amide bonds. The Morgan fingerprint density at radius 1 is 0.571 bits per heavy atom. The summed E-state index contributed by atoms with van der Waals surface area (Å²) in [6.45, 7) is 3.89. The molecule has 63 heavy (non-hydrogen) atoms. The molecular weight excluding hydrogens is 849 g/mol. The lowest BCUT2D eigenvalue weighted by Gasteiger charge is -2.40. The lowest BCUT2D eigenvalue weighted by molar-refractivity contribution is -0.218. The second-order valence-corrected chi connectivity index (χ2v) is 18.4. The van der Waals surface area contributed by atoms with E-state index in [0.29, 0.717) is 37.0 Å². The van der Waals surface area contributed by atoms with E-state index in [1.807, 2.05) is 104 Å². The van der Waals surface area contributed by atoms with E-state index in [-0.39, 0.29) is 36.2 Å². The maximum Gasteiger partial charge on any atom is 0.263 e. The van der Waals surface area contributed by atoms with E-state index in [4.69, 9.17) is 28.4 Å². The highest BCUT2D eigenvalue weighted by Crippen LogP contribution is 2.35. The molecule has 0 radical (unpaired) electrons. The van der Waals surface area contributed by atoms with Gasteiger partial charge in [-0.2, -0.15) is 18.8 Å². The van der Waals surface area contributed by atoms with Gasteiger partial charge in [0.15, 0.2) is 15.7 Å². The largest absolute Gasteiger partial charge is 0.497 e. The van der Waals surface area contributed by atoms with Crippen molar-refractivity contribution in [3.63, 3.8) is 0 Å². The van der Waals surface area contributed by atoms with Crippen LogP contribution in [0.1, 0.15) is 34.9 Å². The van der Waals surface area contributed by atoms with E-state index in [1.54, 1.807) is 59.5 Å². The molecule has 1 saturated heterocycles. The van der Waals surface area contributed by atoms with Crippen LogP contribution in [0, 0.1) is 0 Å². The van der Waals surface area contributed by atoms with Crippen LogP contribution in [-0.4, -0.2) is 93.3 Å². The van der Waals surface area contributed by atoms with Crippen molar-refractivity contribution in [2.24, 2.45) is 14.1 Å². The Labute approximate surface area is 369 Å². The molecule has 18 heteroatoms. The van der Waals surface area contributed by atoms with Crippen LogP contribution >= 0.6 is 0 Å². The summed E-state index contributed by atoms with van der Waals surface area (Å²) in [5, 5.41) is 8.47. The van der Waals surface area contributed by atoms with Gasteiger partial charge in [0.05, 0.1) is 47.3 Å². The number of hydrogen-bond donors (Lipinski definition) is 0. The van der Waals surface area contributed by atoms with Gasteiger partial charge < -0.3 is 28.4 Å². The van der Waals surface area contributed by atoms with E-state index in [0.717, 1.165) is 33.8 Å². The Balaban J connectivity index is 0.000000215. The second-order valence-electron chi connectivity index (χ2n) is 14.7. The van der Waals surface area contributed by atoms with Gasteiger partial charge in [0, 0.05) is 59.1 Å². The second kappa shape index (κ2) is 20.6. The van der Waals surface area contributed by atoms with Gasteiger partial charge in [-0.3, -0.25) is 9.36 Å². The summed E-state index contributed by atoms with van der Waals surface area (Å²) in [4.78, 5) is 0. The summed E-state index contributed by atoms with van der Waals surface area (Å²) in [5.74, 6) is 2.85. The van der Waals surface area contributed by atoms with Crippen LogP contribution in [0.25, 0.3) is 0 Å². The molecule has 0 bridgehead atoms. The molecule has 7 rings (SSSR count). The van der Waals surface area contributed by atoms with Gasteiger partial charge in [-0.05, 0) is 83.8 Å². The topological polar surface area (TPSA) is 166 Å². The monoisotopic (exact) mass is 902 g/mol. The summed E-state index contributed by atoms with van der Waals surface area (Å²) in [7, 11) is 2.08. The molecule has 0 saturated carbocycles. The molecule has 1 aliphatic rings. The van der Waals surface area contributed by atoms with Crippen molar-refractivity contribution in [3.05, 3.63) is 143 Å². The molecule has 0 aliphatic carbocycles. The average Bonchev–Trinajstić information content (AvgIpc) is 3.92. The minimum atomic E-state index is -3.95. The molecule has 1 fully saturated rings. The first-order valence-corrected chi connectivity index (χ1v) is 22.9. The number of nitrogens with zero attached hydrogens (tertiary/aromatic N) is 6. The van der Waals surface area contributed by atoms with Gasteiger partial charge in [-0.25, -0.2) is 16.8 Å². The zero-order valence-electron chi connectivity index (χ0n) is 36.5. The van der Waals surface area contributed by atoms with Gasteiger partial charge in [0.2, 0.25) is 0 Å². The first-order valence-electron chi connectivity index (χ1n) is 20.0. The van der Waals surface area contributed by atoms with E-state index >= 15 is 0 Å². The quantitative estimate of drug-likeness (QED) is 0.0944. The van der Waals surface area contributed by atoms with Crippen molar-refractivity contribution in [1.82, 2.24) is 28.2 Å². The van der Waals surface area contributed by atoms with Gasteiger partial charge in [0.1, 0.15) is 23.0 Å². The van der Waals surface area contributed by atoms with Crippen LogP contribution in [0.4, 0.5) is 0 Å². The molecule has 16 nitrogen and oxygen atoms in total. The molecular formula is C45H54N6O10S2. The number of aromatic nitrogens is 4. The summed E-state index contributed by atoms with van der Waals surface area (Å²) in [6.07, 6.45) is 1.62. The number of hydrogen-bond acceptors (Lipinski definition) is 12. The van der Waals surface area contributed by atoms with E-state index in [2.05, 4.69) is 10.2 Å². The van der Waals surface area contributed by atoms with Gasteiger partial charge in [0.25, 0.3) is 20.0 Å². The van der Waals surface area contributed by atoms with Gasteiger partial charge in [-0.15, -0.1) is 0 Å². The molecule has 0 spiro atoms. The number of aryl methyl sites for hydroxylation is 2. The van der Waals surface area contributed by atoms with Gasteiger partial charge in [-0.1, -0.05) is 48.5 Å². The predicted octanol–water partition coefficient (Wildman–Crippen LogP) is 5.92. The van der Waals surface area contributed by atoms with Crippen LogP contribution < -0.4 is 18.9 Å². The number of benzene rings is 4. The number of sulfonamides is 2. The van der Waals surface area contributed by atoms with Crippen molar-refractivity contribution >= 4 is 20.0 Å². The van der Waals surface area contributed by atoms with Crippen molar-refractivity contribution in [2.75, 3.05) is 48.3 Å². The third kappa shape index (κ3) is 11.3. The smallest absolute Gasteiger partial charge is 0.263 e. The van der Waals surface area contributed by atoms with Crippen molar-refractivity contribution in [2.45, 2.75) is 48.8 Å². The highest BCUT2D eigenvalue weighted by molar-refractivity contribution is 7.89. The molecule has 6 aromatic rings. The fourth-order valence-corrected chi connectivity index (χ4v) is 9.60. The molecule has 4 aromatic carbocycles. The Morgan fingerprint density at radius 3 is 1.22 bits per heavy atom. The number of ether oxygens (including phenoxy) is 6. The molecule has 0 atom stereocenters. The summed E-state index contributed by atoms with van der Waals surface area (Å²) < 4.78 is 92.2. The standard InChI is InChI=1S/C25H31N3O6S.C20H23N3O4S/c1-5-34-25(17-33-18-25)23-14-24(26-27(23)2)35(29,30)28(15-19-6-10-21(31-3)11-7-19)16-20-8-12-22(32-4)13-9-20;1-22-13-12-20(21-22)28(24,25)23(14-16-4-8-18(26-2)9-5-16)15-17-6-10-19(27-3)11-7-17/h6-14H,5,15-18H2,1-4H3;4-13H,14-15H2,1-3H3. The Bertz CT molecular complexity index is 2510. The first kappa shape index (κ1) is 46.7. The summed E-state index contributed by atoms with van der Waals surface area (Å²) in [5.41, 5.74) is 3.37. The maximum absolute atomic E-state index is 13.9. The minimum absolute atomic E-state index is 0.0250. The zero-order chi connectivity index (χ0) is 45.2. The average molecular weight is 903 g/mol. The van der Waals surface area contributed by atoms with Crippen molar-refractivity contribution in [3.8, 4) is 23.0 Å². The third-order valence-corrected chi connectivity index (χ3v) is 13.7. The van der Waals surface area contributed by atoms with Crippen molar-refractivity contribution in [1.29, 1.82) is 0 Å². The highest BCUT2D eigenvalue weighted by Gasteiger charge is 2.45. The SMILES string of the molecule is CCOC1(c2cc(S(=O)(=O)N(Cc3ccc(OC)cc3)Cc3ccc(OC)cc3)nn2C)COC1.COc1ccc(CN(Cc2ccc(OC)cc2)S(=O)(=O)c2ccn(C)n2)cc1.